The topological polar surface area (TPSA) is 44.8 Å². The second-order valence-electron chi connectivity index (χ2n) is 5.47. The maximum atomic E-state index is 11.4. The van der Waals surface area contributed by atoms with E-state index >= 15 is 0 Å². The Morgan fingerprint density at radius 1 is 0.864 bits per heavy atom. The molecule has 0 rings (SSSR count). The van der Waals surface area contributed by atoms with Crippen LogP contribution in [-0.2, 0) is 19.0 Å². The molecule has 0 aromatic rings. The number of ether oxygens (including phenoxy) is 3. The highest BCUT2D eigenvalue weighted by atomic mass is 79.9. The molecule has 0 aromatic heterocycles. The van der Waals surface area contributed by atoms with Gasteiger partial charge in [-0.15, -0.1) is 0 Å². The Morgan fingerprint density at radius 3 is 1.82 bits per heavy atom. The van der Waals surface area contributed by atoms with Crippen molar-refractivity contribution < 1.29 is 19.0 Å². The number of alkyl halides is 2. The number of rotatable bonds is 14. The summed E-state index contributed by atoms with van der Waals surface area (Å²) in [7, 11) is 4.80. The highest BCUT2D eigenvalue weighted by Gasteiger charge is 2.19. The fourth-order valence-electron chi connectivity index (χ4n) is 2.37. The summed E-state index contributed by atoms with van der Waals surface area (Å²) in [4.78, 5) is 11.4. The number of methoxy groups -OCH3 is 3. The molecule has 22 heavy (non-hydrogen) atoms. The van der Waals surface area contributed by atoms with Gasteiger partial charge in [0.2, 0.25) is 0 Å². The van der Waals surface area contributed by atoms with Crippen molar-refractivity contribution in [3.63, 3.8) is 0 Å². The second kappa shape index (κ2) is 14.9. The van der Waals surface area contributed by atoms with E-state index in [1.54, 1.807) is 14.2 Å². The van der Waals surface area contributed by atoms with Crippen molar-refractivity contribution in [1.82, 2.24) is 0 Å². The molecule has 0 aliphatic carbocycles. The third-order valence-electron chi connectivity index (χ3n) is 3.80. The van der Waals surface area contributed by atoms with Crippen molar-refractivity contribution in [1.29, 1.82) is 0 Å². The molecule has 0 radical (unpaired) electrons. The van der Waals surface area contributed by atoms with Gasteiger partial charge in [-0.3, -0.25) is 4.79 Å². The van der Waals surface area contributed by atoms with E-state index in [4.69, 9.17) is 14.2 Å². The highest BCUT2D eigenvalue weighted by molar-refractivity contribution is 9.24. The zero-order chi connectivity index (χ0) is 16.8. The van der Waals surface area contributed by atoms with Gasteiger partial charge in [0, 0.05) is 14.2 Å². The molecule has 1 atom stereocenters. The van der Waals surface area contributed by atoms with Gasteiger partial charge in [0.15, 0.2) is 6.29 Å². The molecular weight excluding hydrogens is 416 g/mol. The quantitative estimate of drug-likeness (QED) is 0.163. The first kappa shape index (κ1) is 22.4. The summed E-state index contributed by atoms with van der Waals surface area (Å²) in [5, 5.41) is 0. The minimum atomic E-state index is -0.139. The molecular formula is C16H30Br2O4. The molecule has 132 valence electrons. The third kappa shape index (κ3) is 11.9. The minimum absolute atomic E-state index is 0.0612. The van der Waals surface area contributed by atoms with Crippen LogP contribution in [0.25, 0.3) is 0 Å². The first-order valence-corrected chi connectivity index (χ1v) is 9.78. The number of halogens is 2. The van der Waals surface area contributed by atoms with Gasteiger partial charge >= 0.3 is 5.97 Å². The number of hydrogen-bond donors (Lipinski definition) is 0. The number of esters is 1. The summed E-state index contributed by atoms with van der Waals surface area (Å²) >= 11 is 7.03. The average Bonchev–Trinajstić information content (AvgIpc) is 2.51. The van der Waals surface area contributed by atoms with Crippen molar-refractivity contribution in [3.8, 4) is 0 Å². The minimum Gasteiger partial charge on any atom is -0.469 e. The molecule has 0 spiro atoms. The van der Waals surface area contributed by atoms with E-state index in [0.29, 0.717) is 6.42 Å². The third-order valence-corrected chi connectivity index (χ3v) is 5.30. The maximum Gasteiger partial charge on any atom is 0.305 e. The summed E-state index contributed by atoms with van der Waals surface area (Å²) < 4.78 is 15.2. The summed E-state index contributed by atoms with van der Waals surface area (Å²) in [6.07, 6.45) is 9.60. The molecule has 0 heterocycles. The van der Waals surface area contributed by atoms with Crippen LogP contribution in [0.2, 0.25) is 0 Å². The molecule has 0 fully saturated rings. The van der Waals surface area contributed by atoms with Crippen molar-refractivity contribution in [3.05, 3.63) is 0 Å². The second-order valence-corrected chi connectivity index (χ2v) is 8.68. The lowest BCUT2D eigenvalue weighted by Gasteiger charge is -2.17. The fourth-order valence-corrected chi connectivity index (χ4v) is 3.27. The predicted octanol–water partition coefficient (Wildman–Crippen LogP) is 5.02. The van der Waals surface area contributed by atoms with E-state index in [9.17, 15) is 4.79 Å². The summed E-state index contributed by atoms with van der Waals surface area (Å²) in [5.41, 5.74) is 0. The van der Waals surface area contributed by atoms with Gasteiger partial charge in [0.1, 0.15) is 0 Å². The lowest BCUT2D eigenvalue weighted by atomic mass is 9.99. The van der Waals surface area contributed by atoms with Crippen LogP contribution in [0, 0.1) is 5.92 Å². The molecule has 4 nitrogen and oxygen atoms in total. The molecule has 0 saturated carbocycles. The van der Waals surface area contributed by atoms with Crippen LogP contribution in [0.4, 0.5) is 0 Å². The molecule has 1 unspecified atom stereocenters. The monoisotopic (exact) mass is 444 g/mol. The van der Waals surface area contributed by atoms with Gasteiger partial charge < -0.3 is 14.2 Å². The molecule has 0 N–H and O–H groups in total. The number of hydrogen-bond acceptors (Lipinski definition) is 4. The van der Waals surface area contributed by atoms with Crippen LogP contribution >= 0.6 is 31.9 Å². The lowest BCUT2D eigenvalue weighted by molar-refractivity contribution is -0.141. The SMILES string of the molecule is COC(=O)CC(CCCCCCCCC(OC)OC)C(Br)Br. The van der Waals surface area contributed by atoms with Crippen molar-refractivity contribution in [2.24, 2.45) is 5.92 Å². The van der Waals surface area contributed by atoms with E-state index < -0.39 is 0 Å². The Bertz CT molecular complexity index is 271. The van der Waals surface area contributed by atoms with E-state index in [1.807, 2.05) is 0 Å². The van der Waals surface area contributed by atoms with E-state index in [2.05, 4.69) is 31.9 Å². The van der Waals surface area contributed by atoms with E-state index in [-0.39, 0.29) is 21.9 Å². The van der Waals surface area contributed by atoms with Crippen LogP contribution in [0.3, 0.4) is 0 Å². The first-order chi connectivity index (χ1) is 10.5. The van der Waals surface area contributed by atoms with E-state index in [1.165, 1.54) is 32.8 Å². The molecule has 0 aliphatic rings. The van der Waals surface area contributed by atoms with Gasteiger partial charge in [-0.25, -0.2) is 0 Å². The number of carbonyl (C=O) groups is 1. The van der Waals surface area contributed by atoms with Crippen LogP contribution in [-0.4, -0.2) is 37.3 Å². The van der Waals surface area contributed by atoms with Crippen molar-refractivity contribution in [2.45, 2.75) is 67.8 Å². The predicted molar refractivity (Wildman–Crippen MR) is 96.5 cm³/mol. The number of carbonyl (C=O) groups excluding carboxylic acids is 1. The maximum absolute atomic E-state index is 11.4. The molecule has 0 aliphatic heterocycles. The normalized spacial score (nSPS) is 12.9. The fraction of sp³-hybridized carbons (Fsp3) is 0.938. The van der Waals surface area contributed by atoms with Crippen LogP contribution < -0.4 is 0 Å². The average molecular weight is 446 g/mol. The van der Waals surface area contributed by atoms with Gasteiger partial charge in [-0.05, 0) is 25.2 Å². The molecule has 0 amide bonds. The largest absolute Gasteiger partial charge is 0.469 e. The van der Waals surface area contributed by atoms with Gasteiger partial charge in [-0.1, -0.05) is 64.0 Å². The molecule has 0 aromatic carbocycles. The van der Waals surface area contributed by atoms with Gasteiger partial charge in [-0.2, -0.15) is 0 Å². The Labute approximate surface area is 151 Å². The Balaban J connectivity index is 3.59. The highest BCUT2D eigenvalue weighted by Crippen LogP contribution is 2.28. The smallest absolute Gasteiger partial charge is 0.305 e. The number of unbranched alkanes of at least 4 members (excludes halogenated alkanes) is 5. The van der Waals surface area contributed by atoms with Gasteiger partial charge in [0.25, 0.3) is 0 Å². The Hall–Kier alpha value is 0.350. The zero-order valence-electron chi connectivity index (χ0n) is 14.0. The lowest BCUT2D eigenvalue weighted by Crippen LogP contribution is -2.15. The summed E-state index contributed by atoms with van der Waals surface area (Å²) in [5.74, 6) is 0.149. The first-order valence-electron chi connectivity index (χ1n) is 7.95. The van der Waals surface area contributed by atoms with Crippen molar-refractivity contribution >= 4 is 37.8 Å². The Kier molecular flexibility index (Phi) is 15.1. The molecule has 6 heteroatoms. The van der Waals surface area contributed by atoms with Crippen LogP contribution in [0.15, 0.2) is 0 Å². The Morgan fingerprint density at radius 2 is 1.36 bits per heavy atom. The van der Waals surface area contributed by atoms with Gasteiger partial charge in [0.05, 0.1) is 17.3 Å². The van der Waals surface area contributed by atoms with Crippen molar-refractivity contribution in [2.75, 3.05) is 21.3 Å². The standard InChI is InChI=1S/C16H30Br2O4/c1-20-14(19)12-13(16(17)18)10-8-6-4-5-7-9-11-15(21-2)22-3/h13,15-16H,4-12H2,1-3H3. The van der Waals surface area contributed by atoms with E-state index in [0.717, 1.165) is 25.7 Å². The van der Waals surface area contributed by atoms with Crippen LogP contribution in [0.1, 0.15) is 57.8 Å². The zero-order valence-corrected chi connectivity index (χ0v) is 17.2. The van der Waals surface area contributed by atoms with Crippen LogP contribution in [0.5, 0.6) is 0 Å². The molecule has 0 bridgehead atoms. The molecule has 0 saturated heterocycles. The summed E-state index contributed by atoms with van der Waals surface area (Å²) in [6.45, 7) is 0. The summed E-state index contributed by atoms with van der Waals surface area (Å²) in [6, 6.07) is 0.